The van der Waals surface area contributed by atoms with Crippen LogP contribution in [0.15, 0.2) is 35.2 Å². The van der Waals surface area contributed by atoms with Crippen molar-refractivity contribution >= 4 is 21.7 Å². The first-order valence-corrected chi connectivity index (χ1v) is 5.67. The van der Waals surface area contributed by atoms with Gasteiger partial charge in [-0.05, 0) is 34.5 Å². The summed E-state index contributed by atoms with van der Waals surface area (Å²) in [6.07, 6.45) is 3.59. The number of hydrogen-bond acceptors (Lipinski definition) is 4. The molecule has 0 unspecified atom stereocenters. The Morgan fingerprint density at radius 3 is 2.94 bits per heavy atom. The molecule has 2 rings (SSSR count). The van der Waals surface area contributed by atoms with E-state index >= 15 is 0 Å². The lowest BCUT2D eigenvalue weighted by molar-refractivity contribution is 1.00. The Labute approximate surface area is 102 Å². The van der Waals surface area contributed by atoms with Gasteiger partial charge in [-0.25, -0.2) is 9.97 Å². The molecule has 1 N–H and O–H groups in total. The van der Waals surface area contributed by atoms with E-state index in [1.807, 2.05) is 31.3 Å². The molecule has 0 aromatic carbocycles. The molecule has 2 aromatic rings. The molecule has 0 saturated heterocycles. The molecule has 82 valence electrons. The zero-order valence-electron chi connectivity index (χ0n) is 8.81. The normalized spacial score (nSPS) is 10.1. The van der Waals surface area contributed by atoms with Crippen molar-refractivity contribution in [3.8, 4) is 0 Å². The first-order chi connectivity index (χ1) is 7.74. The fourth-order valence-electron chi connectivity index (χ4n) is 1.32. The van der Waals surface area contributed by atoms with Gasteiger partial charge >= 0.3 is 0 Å². The molecule has 0 bridgehead atoms. The summed E-state index contributed by atoms with van der Waals surface area (Å²) in [5.41, 5.74) is 1.12. The standard InChI is InChI=1S/C11H11BrN4/c1-8-15-10(12)5-11(16-8)14-7-9-3-2-4-13-6-9/h2-6H,7H2,1H3,(H,14,15,16). The highest BCUT2D eigenvalue weighted by Gasteiger charge is 1.99. The predicted octanol–water partition coefficient (Wildman–Crippen LogP) is 2.55. The van der Waals surface area contributed by atoms with Crippen LogP contribution in [0.4, 0.5) is 5.82 Å². The summed E-state index contributed by atoms with van der Waals surface area (Å²) in [6.45, 7) is 2.57. The van der Waals surface area contributed by atoms with Crippen LogP contribution in [-0.2, 0) is 6.54 Å². The van der Waals surface area contributed by atoms with Crippen LogP contribution in [0.5, 0.6) is 0 Å². The zero-order chi connectivity index (χ0) is 11.4. The average molecular weight is 279 g/mol. The molecule has 0 aliphatic rings. The van der Waals surface area contributed by atoms with Crippen molar-refractivity contribution in [2.45, 2.75) is 13.5 Å². The molecule has 0 aliphatic carbocycles. The molecular formula is C11H11BrN4. The summed E-state index contributed by atoms with van der Waals surface area (Å²) in [5.74, 6) is 1.55. The van der Waals surface area contributed by atoms with Crippen LogP contribution >= 0.6 is 15.9 Å². The Morgan fingerprint density at radius 2 is 2.25 bits per heavy atom. The maximum Gasteiger partial charge on any atom is 0.131 e. The number of pyridine rings is 1. The first-order valence-electron chi connectivity index (χ1n) is 4.88. The summed E-state index contributed by atoms with van der Waals surface area (Å²) in [4.78, 5) is 12.5. The number of anilines is 1. The minimum atomic E-state index is 0.705. The minimum Gasteiger partial charge on any atom is -0.366 e. The SMILES string of the molecule is Cc1nc(Br)cc(NCc2cccnc2)n1. The van der Waals surface area contributed by atoms with Gasteiger partial charge in [0.1, 0.15) is 16.2 Å². The van der Waals surface area contributed by atoms with Crippen molar-refractivity contribution in [2.24, 2.45) is 0 Å². The summed E-state index contributed by atoms with van der Waals surface area (Å²) in [7, 11) is 0. The summed E-state index contributed by atoms with van der Waals surface area (Å²) < 4.78 is 0.786. The molecule has 4 nitrogen and oxygen atoms in total. The maximum atomic E-state index is 4.28. The van der Waals surface area contributed by atoms with Gasteiger partial charge in [0, 0.05) is 25.0 Å². The summed E-state index contributed by atoms with van der Waals surface area (Å²) in [6, 6.07) is 5.78. The number of nitrogens with one attached hydrogen (secondary N) is 1. The molecule has 0 radical (unpaired) electrons. The minimum absolute atomic E-state index is 0.705. The highest BCUT2D eigenvalue weighted by molar-refractivity contribution is 9.10. The fraction of sp³-hybridized carbons (Fsp3) is 0.182. The third-order valence-electron chi connectivity index (χ3n) is 2.00. The summed E-state index contributed by atoms with van der Waals surface area (Å²) >= 11 is 3.34. The summed E-state index contributed by atoms with van der Waals surface area (Å²) in [5, 5.41) is 3.22. The Hall–Kier alpha value is -1.49. The van der Waals surface area contributed by atoms with Crippen molar-refractivity contribution in [1.82, 2.24) is 15.0 Å². The van der Waals surface area contributed by atoms with Crippen molar-refractivity contribution in [1.29, 1.82) is 0 Å². The van der Waals surface area contributed by atoms with Gasteiger partial charge in [0.15, 0.2) is 0 Å². The number of nitrogens with zero attached hydrogens (tertiary/aromatic N) is 3. The van der Waals surface area contributed by atoms with Crippen molar-refractivity contribution in [2.75, 3.05) is 5.32 Å². The lowest BCUT2D eigenvalue weighted by Crippen LogP contribution is -2.03. The largest absolute Gasteiger partial charge is 0.366 e. The van der Waals surface area contributed by atoms with E-state index in [4.69, 9.17) is 0 Å². The van der Waals surface area contributed by atoms with Crippen molar-refractivity contribution in [3.05, 3.63) is 46.6 Å². The topological polar surface area (TPSA) is 50.7 Å². The third kappa shape index (κ3) is 3.00. The van der Waals surface area contributed by atoms with Crippen molar-refractivity contribution in [3.63, 3.8) is 0 Å². The predicted molar refractivity (Wildman–Crippen MR) is 66.0 cm³/mol. The highest BCUT2D eigenvalue weighted by Crippen LogP contribution is 2.12. The van der Waals surface area contributed by atoms with Gasteiger partial charge in [-0.2, -0.15) is 0 Å². The first kappa shape index (κ1) is 11.0. The van der Waals surface area contributed by atoms with Crippen LogP contribution in [0.1, 0.15) is 11.4 Å². The maximum absolute atomic E-state index is 4.28. The monoisotopic (exact) mass is 278 g/mol. The van der Waals surface area contributed by atoms with Gasteiger partial charge in [0.05, 0.1) is 0 Å². The van der Waals surface area contributed by atoms with Crippen molar-refractivity contribution < 1.29 is 0 Å². The fourth-order valence-corrected chi connectivity index (χ4v) is 1.79. The Bertz CT molecular complexity index is 452. The van der Waals surface area contributed by atoms with Gasteiger partial charge in [0.25, 0.3) is 0 Å². The van der Waals surface area contributed by atoms with E-state index in [0.717, 1.165) is 21.8 Å². The molecule has 0 saturated carbocycles. The number of hydrogen-bond donors (Lipinski definition) is 1. The van der Waals surface area contributed by atoms with Crippen LogP contribution < -0.4 is 5.32 Å². The Morgan fingerprint density at radius 1 is 1.38 bits per heavy atom. The zero-order valence-corrected chi connectivity index (χ0v) is 10.4. The van der Waals surface area contributed by atoms with E-state index in [1.165, 1.54) is 0 Å². The molecule has 5 heteroatoms. The molecule has 0 spiro atoms. The Balaban J connectivity index is 2.05. The number of aryl methyl sites for hydroxylation is 1. The number of aromatic nitrogens is 3. The lowest BCUT2D eigenvalue weighted by atomic mass is 10.3. The van der Waals surface area contributed by atoms with E-state index < -0.39 is 0 Å². The second kappa shape index (κ2) is 5.03. The van der Waals surface area contributed by atoms with Crippen LogP contribution in [0.25, 0.3) is 0 Å². The van der Waals surface area contributed by atoms with Crippen LogP contribution in [0.3, 0.4) is 0 Å². The molecule has 0 aliphatic heterocycles. The van der Waals surface area contributed by atoms with E-state index in [9.17, 15) is 0 Å². The van der Waals surface area contributed by atoms with Gasteiger partial charge < -0.3 is 5.32 Å². The quantitative estimate of drug-likeness (QED) is 0.877. The molecular weight excluding hydrogens is 268 g/mol. The highest BCUT2D eigenvalue weighted by atomic mass is 79.9. The molecule has 0 amide bonds. The lowest BCUT2D eigenvalue weighted by Gasteiger charge is -2.06. The van der Waals surface area contributed by atoms with E-state index in [2.05, 4.69) is 36.2 Å². The van der Waals surface area contributed by atoms with Crippen LogP contribution in [0.2, 0.25) is 0 Å². The molecule has 16 heavy (non-hydrogen) atoms. The van der Waals surface area contributed by atoms with Gasteiger partial charge in [0.2, 0.25) is 0 Å². The Kier molecular flexibility index (Phi) is 3.46. The van der Waals surface area contributed by atoms with Gasteiger partial charge in [-0.15, -0.1) is 0 Å². The molecule has 2 heterocycles. The smallest absolute Gasteiger partial charge is 0.131 e. The molecule has 0 atom stereocenters. The molecule has 2 aromatic heterocycles. The second-order valence-electron chi connectivity index (χ2n) is 3.34. The van der Waals surface area contributed by atoms with Crippen LogP contribution in [-0.4, -0.2) is 15.0 Å². The average Bonchev–Trinajstić information content (AvgIpc) is 2.27. The van der Waals surface area contributed by atoms with Crippen LogP contribution in [0, 0.1) is 6.92 Å². The molecule has 0 fully saturated rings. The van der Waals surface area contributed by atoms with E-state index in [0.29, 0.717) is 6.54 Å². The van der Waals surface area contributed by atoms with Gasteiger partial charge in [-0.1, -0.05) is 6.07 Å². The third-order valence-corrected chi connectivity index (χ3v) is 2.41. The number of rotatable bonds is 3. The number of halogens is 1. The second-order valence-corrected chi connectivity index (χ2v) is 4.15. The van der Waals surface area contributed by atoms with E-state index in [1.54, 1.807) is 6.20 Å². The van der Waals surface area contributed by atoms with Gasteiger partial charge in [-0.3, -0.25) is 4.98 Å². The van der Waals surface area contributed by atoms with E-state index in [-0.39, 0.29) is 0 Å².